The number of piperidine rings is 1. The Hall–Kier alpha value is -1.31. The van der Waals surface area contributed by atoms with Crippen LogP contribution < -0.4 is 14.8 Å². The van der Waals surface area contributed by atoms with E-state index in [-0.39, 0.29) is 10.9 Å². The van der Waals surface area contributed by atoms with Gasteiger partial charge in [0.2, 0.25) is 10.0 Å². The molecule has 1 N–H and O–H groups in total. The average Bonchev–Trinajstić information content (AvgIpc) is 2.54. The first-order valence-corrected chi connectivity index (χ1v) is 8.77. The second-order valence-corrected chi connectivity index (χ2v) is 7.44. The molecule has 1 aliphatic rings. The molecule has 1 aromatic rings. The van der Waals surface area contributed by atoms with Gasteiger partial charge in [0, 0.05) is 19.2 Å². The van der Waals surface area contributed by atoms with Crippen LogP contribution in [0.3, 0.4) is 0 Å². The van der Waals surface area contributed by atoms with E-state index in [1.807, 2.05) is 0 Å². The van der Waals surface area contributed by atoms with Crippen molar-refractivity contribution in [2.45, 2.75) is 30.7 Å². The van der Waals surface area contributed by atoms with Crippen LogP contribution in [0.2, 0.25) is 0 Å². The molecule has 0 atom stereocenters. The summed E-state index contributed by atoms with van der Waals surface area (Å²) in [7, 11) is 1.13. The average molecular weight is 328 g/mol. The van der Waals surface area contributed by atoms with Gasteiger partial charge in [-0.25, -0.2) is 8.42 Å². The maximum atomic E-state index is 12.9. The fraction of sp³-hybridized carbons (Fsp3) is 0.600. The van der Waals surface area contributed by atoms with Gasteiger partial charge in [-0.15, -0.1) is 0 Å². The highest BCUT2D eigenvalue weighted by Gasteiger charge is 2.31. The number of sulfonamides is 1. The summed E-state index contributed by atoms with van der Waals surface area (Å²) in [6.07, 6.45) is 1.64. The standard InChI is InChI=1S/C15H24N2O4S/c1-11-9-13(20-3)14(21-4)10-15(11)22(18,19)17(2)12-5-7-16-8-6-12/h9-10,12,16H,5-8H2,1-4H3. The van der Waals surface area contributed by atoms with Crippen molar-refractivity contribution in [3.05, 3.63) is 17.7 Å². The van der Waals surface area contributed by atoms with Crippen LogP contribution in [-0.4, -0.2) is 53.1 Å². The second-order valence-electron chi connectivity index (χ2n) is 5.48. The van der Waals surface area contributed by atoms with E-state index in [0.717, 1.165) is 25.9 Å². The van der Waals surface area contributed by atoms with Crippen LogP contribution in [0, 0.1) is 6.92 Å². The predicted molar refractivity (Wildman–Crippen MR) is 85.1 cm³/mol. The number of rotatable bonds is 5. The lowest BCUT2D eigenvalue weighted by molar-refractivity contribution is 0.296. The monoisotopic (exact) mass is 328 g/mol. The molecule has 1 aromatic carbocycles. The normalized spacial score (nSPS) is 16.8. The fourth-order valence-corrected chi connectivity index (χ4v) is 4.40. The summed E-state index contributed by atoms with van der Waals surface area (Å²) in [6.45, 7) is 3.45. The second kappa shape index (κ2) is 6.85. The van der Waals surface area contributed by atoms with Crippen molar-refractivity contribution in [1.29, 1.82) is 0 Å². The number of ether oxygens (including phenoxy) is 2. The smallest absolute Gasteiger partial charge is 0.243 e. The van der Waals surface area contributed by atoms with Crippen LogP contribution in [0.5, 0.6) is 11.5 Å². The molecule has 22 heavy (non-hydrogen) atoms. The molecule has 0 radical (unpaired) electrons. The van der Waals surface area contributed by atoms with Gasteiger partial charge in [-0.2, -0.15) is 4.31 Å². The fourth-order valence-electron chi connectivity index (χ4n) is 2.76. The summed E-state index contributed by atoms with van der Waals surface area (Å²) < 4.78 is 37.8. The van der Waals surface area contributed by atoms with E-state index in [9.17, 15) is 8.42 Å². The topological polar surface area (TPSA) is 67.9 Å². The predicted octanol–water partition coefficient (Wildman–Crippen LogP) is 1.38. The molecular formula is C15H24N2O4S. The Morgan fingerprint density at radius 3 is 2.23 bits per heavy atom. The van der Waals surface area contributed by atoms with E-state index < -0.39 is 10.0 Å². The van der Waals surface area contributed by atoms with Gasteiger partial charge in [-0.3, -0.25) is 0 Å². The highest BCUT2D eigenvalue weighted by Crippen LogP contribution is 2.34. The van der Waals surface area contributed by atoms with Crippen molar-refractivity contribution in [1.82, 2.24) is 9.62 Å². The third kappa shape index (κ3) is 3.21. The van der Waals surface area contributed by atoms with Gasteiger partial charge in [0.15, 0.2) is 11.5 Å². The lowest BCUT2D eigenvalue weighted by Crippen LogP contribution is -2.44. The van der Waals surface area contributed by atoms with E-state index >= 15 is 0 Å². The minimum absolute atomic E-state index is 0.0266. The van der Waals surface area contributed by atoms with Gasteiger partial charge in [0.05, 0.1) is 19.1 Å². The summed E-state index contributed by atoms with van der Waals surface area (Å²) in [5.41, 5.74) is 0.651. The third-order valence-electron chi connectivity index (χ3n) is 4.16. The van der Waals surface area contributed by atoms with Crippen LogP contribution in [0.25, 0.3) is 0 Å². The van der Waals surface area contributed by atoms with Gasteiger partial charge in [-0.1, -0.05) is 0 Å². The van der Waals surface area contributed by atoms with Gasteiger partial charge in [-0.05, 0) is 44.5 Å². The van der Waals surface area contributed by atoms with Crippen molar-refractivity contribution in [2.75, 3.05) is 34.4 Å². The molecule has 0 saturated carbocycles. The Kier molecular flexibility index (Phi) is 5.31. The summed E-state index contributed by atoms with van der Waals surface area (Å²) in [5, 5.41) is 3.25. The van der Waals surface area contributed by atoms with E-state index in [0.29, 0.717) is 17.1 Å². The Balaban J connectivity index is 2.40. The highest BCUT2D eigenvalue weighted by atomic mass is 32.2. The SMILES string of the molecule is COc1cc(C)c(S(=O)(=O)N(C)C2CCNCC2)cc1OC. The largest absolute Gasteiger partial charge is 0.493 e. The molecule has 0 bridgehead atoms. The maximum absolute atomic E-state index is 12.9. The first-order valence-electron chi connectivity index (χ1n) is 7.33. The highest BCUT2D eigenvalue weighted by molar-refractivity contribution is 7.89. The van der Waals surface area contributed by atoms with E-state index in [4.69, 9.17) is 9.47 Å². The molecule has 1 heterocycles. The lowest BCUT2D eigenvalue weighted by Gasteiger charge is -2.31. The zero-order valence-corrected chi connectivity index (χ0v) is 14.4. The van der Waals surface area contributed by atoms with Crippen LogP contribution in [0.4, 0.5) is 0 Å². The third-order valence-corrected chi connectivity index (χ3v) is 6.21. The van der Waals surface area contributed by atoms with E-state index in [1.54, 1.807) is 26.1 Å². The van der Waals surface area contributed by atoms with Crippen LogP contribution in [0.15, 0.2) is 17.0 Å². The molecule has 0 aliphatic carbocycles. The maximum Gasteiger partial charge on any atom is 0.243 e. The molecule has 2 rings (SSSR count). The molecule has 6 nitrogen and oxygen atoms in total. The number of benzene rings is 1. The van der Waals surface area contributed by atoms with Gasteiger partial charge < -0.3 is 14.8 Å². The number of aryl methyl sites for hydroxylation is 1. The van der Waals surface area contributed by atoms with E-state index in [2.05, 4.69) is 5.32 Å². The van der Waals surface area contributed by atoms with Crippen LogP contribution >= 0.6 is 0 Å². The van der Waals surface area contributed by atoms with Crippen LogP contribution in [0.1, 0.15) is 18.4 Å². The summed E-state index contributed by atoms with van der Waals surface area (Å²) >= 11 is 0. The molecule has 0 unspecified atom stereocenters. The first kappa shape index (κ1) is 17.1. The van der Waals surface area contributed by atoms with Gasteiger partial charge in [0.25, 0.3) is 0 Å². The summed E-state index contributed by atoms with van der Waals surface area (Å²) in [6, 6.07) is 3.27. The number of nitrogens with zero attached hydrogens (tertiary/aromatic N) is 1. The molecule has 7 heteroatoms. The first-order chi connectivity index (χ1) is 10.4. The number of hydrogen-bond donors (Lipinski definition) is 1. The summed E-state index contributed by atoms with van der Waals surface area (Å²) in [5.74, 6) is 0.953. The minimum atomic E-state index is -3.56. The molecule has 0 amide bonds. The Labute approximate surface area is 132 Å². The number of nitrogens with one attached hydrogen (secondary N) is 1. The molecule has 1 saturated heterocycles. The molecule has 1 fully saturated rings. The van der Waals surface area contributed by atoms with Crippen molar-refractivity contribution in [3.63, 3.8) is 0 Å². The zero-order chi connectivity index (χ0) is 16.3. The van der Waals surface area contributed by atoms with E-state index in [1.165, 1.54) is 18.5 Å². The quantitative estimate of drug-likeness (QED) is 0.884. The van der Waals surface area contributed by atoms with Crippen molar-refractivity contribution >= 4 is 10.0 Å². The lowest BCUT2D eigenvalue weighted by atomic mass is 10.1. The van der Waals surface area contributed by atoms with Gasteiger partial charge in [0.1, 0.15) is 0 Å². The molecule has 0 aromatic heterocycles. The Morgan fingerprint density at radius 1 is 1.14 bits per heavy atom. The molecular weight excluding hydrogens is 304 g/mol. The Bertz CT molecular complexity index is 625. The van der Waals surface area contributed by atoms with Crippen molar-refractivity contribution in [3.8, 4) is 11.5 Å². The molecule has 1 aliphatic heterocycles. The molecule has 0 spiro atoms. The van der Waals surface area contributed by atoms with Crippen molar-refractivity contribution in [2.24, 2.45) is 0 Å². The Morgan fingerprint density at radius 2 is 1.68 bits per heavy atom. The van der Waals surface area contributed by atoms with Crippen LogP contribution in [-0.2, 0) is 10.0 Å². The zero-order valence-electron chi connectivity index (χ0n) is 13.5. The summed E-state index contributed by atoms with van der Waals surface area (Å²) in [4.78, 5) is 0.270. The number of hydrogen-bond acceptors (Lipinski definition) is 5. The number of methoxy groups -OCH3 is 2. The molecule has 124 valence electrons. The van der Waals surface area contributed by atoms with Gasteiger partial charge >= 0.3 is 0 Å². The van der Waals surface area contributed by atoms with Crippen molar-refractivity contribution < 1.29 is 17.9 Å². The minimum Gasteiger partial charge on any atom is -0.493 e.